The van der Waals surface area contributed by atoms with Crippen LogP contribution < -0.4 is 4.74 Å². The van der Waals surface area contributed by atoms with E-state index in [1.165, 1.54) is 0 Å². The summed E-state index contributed by atoms with van der Waals surface area (Å²) in [7, 11) is 0. The summed E-state index contributed by atoms with van der Waals surface area (Å²) in [5, 5.41) is 0. The maximum atomic E-state index is 12.1. The highest BCUT2D eigenvalue weighted by atomic mass is 79.9. The highest BCUT2D eigenvalue weighted by molar-refractivity contribution is 9.10. The van der Waals surface area contributed by atoms with Crippen LogP contribution in [0.4, 0.5) is 0 Å². The predicted octanol–water partition coefficient (Wildman–Crippen LogP) is 2.08. The first kappa shape index (κ1) is 13.4. The third-order valence-corrected chi connectivity index (χ3v) is 3.33. The highest BCUT2D eigenvalue weighted by Crippen LogP contribution is 2.18. The molecule has 1 aromatic rings. The fourth-order valence-corrected chi connectivity index (χ4v) is 2.07. The zero-order chi connectivity index (χ0) is 13.0. The van der Waals surface area contributed by atoms with Gasteiger partial charge in [-0.3, -0.25) is 4.79 Å². The van der Waals surface area contributed by atoms with Gasteiger partial charge in [-0.1, -0.05) is 15.9 Å². The van der Waals surface area contributed by atoms with Crippen molar-refractivity contribution in [1.82, 2.24) is 4.90 Å². The van der Waals surface area contributed by atoms with E-state index in [2.05, 4.69) is 15.9 Å². The molecule has 1 aliphatic rings. The van der Waals surface area contributed by atoms with Crippen LogP contribution in [0.25, 0.3) is 0 Å². The monoisotopic (exact) mass is 313 g/mol. The fraction of sp³-hybridized carbons (Fsp3) is 0.462. The van der Waals surface area contributed by atoms with Crippen LogP contribution in [0.1, 0.15) is 6.92 Å². The van der Waals surface area contributed by atoms with Crippen molar-refractivity contribution in [3.63, 3.8) is 0 Å². The molecular formula is C13H16BrNO3. The van der Waals surface area contributed by atoms with E-state index in [-0.39, 0.29) is 5.91 Å². The molecule has 0 aliphatic carbocycles. The van der Waals surface area contributed by atoms with E-state index in [0.717, 1.165) is 4.47 Å². The van der Waals surface area contributed by atoms with Gasteiger partial charge in [0.1, 0.15) is 5.75 Å². The Morgan fingerprint density at radius 1 is 1.33 bits per heavy atom. The van der Waals surface area contributed by atoms with Crippen molar-refractivity contribution in [3.8, 4) is 5.75 Å². The second-order valence-electron chi connectivity index (χ2n) is 4.15. The van der Waals surface area contributed by atoms with Crippen LogP contribution in [0.5, 0.6) is 5.75 Å². The summed E-state index contributed by atoms with van der Waals surface area (Å²) in [5.74, 6) is 0.716. The lowest BCUT2D eigenvalue weighted by Gasteiger charge is -2.29. The Balaban J connectivity index is 1.92. The second kappa shape index (κ2) is 6.20. The first-order valence-electron chi connectivity index (χ1n) is 5.95. The van der Waals surface area contributed by atoms with Crippen LogP contribution in [0.3, 0.4) is 0 Å². The number of rotatable bonds is 3. The summed E-state index contributed by atoms with van der Waals surface area (Å²) < 4.78 is 11.8. The number of benzene rings is 1. The van der Waals surface area contributed by atoms with Gasteiger partial charge in [0, 0.05) is 17.6 Å². The lowest BCUT2D eigenvalue weighted by atomic mass is 10.3. The Hall–Kier alpha value is -1.07. The molecule has 0 saturated carbocycles. The molecule has 0 unspecified atom stereocenters. The van der Waals surface area contributed by atoms with Gasteiger partial charge in [-0.05, 0) is 31.2 Å². The van der Waals surface area contributed by atoms with Gasteiger partial charge in [0.05, 0.1) is 13.2 Å². The van der Waals surface area contributed by atoms with E-state index in [4.69, 9.17) is 9.47 Å². The molecule has 0 bridgehead atoms. The van der Waals surface area contributed by atoms with Crippen LogP contribution >= 0.6 is 15.9 Å². The van der Waals surface area contributed by atoms with Gasteiger partial charge in [-0.15, -0.1) is 0 Å². The zero-order valence-corrected chi connectivity index (χ0v) is 11.9. The van der Waals surface area contributed by atoms with Crippen LogP contribution in [0.2, 0.25) is 0 Å². The van der Waals surface area contributed by atoms with Gasteiger partial charge in [0.15, 0.2) is 6.10 Å². The lowest BCUT2D eigenvalue weighted by molar-refractivity contribution is -0.142. The third-order valence-electron chi connectivity index (χ3n) is 2.80. The molecule has 4 nitrogen and oxygen atoms in total. The minimum absolute atomic E-state index is 0.0150. The fourth-order valence-electron chi connectivity index (χ4n) is 1.81. The molecule has 0 radical (unpaired) electrons. The van der Waals surface area contributed by atoms with E-state index in [1.54, 1.807) is 11.8 Å². The highest BCUT2D eigenvalue weighted by Gasteiger charge is 2.23. The summed E-state index contributed by atoms with van der Waals surface area (Å²) in [6.45, 7) is 4.28. The Labute approximate surface area is 115 Å². The van der Waals surface area contributed by atoms with Crippen molar-refractivity contribution in [2.24, 2.45) is 0 Å². The quantitative estimate of drug-likeness (QED) is 0.857. The Kier molecular flexibility index (Phi) is 4.60. The molecule has 0 spiro atoms. The van der Waals surface area contributed by atoms with Gasteiger partial charge in [-0.25, -0.2) is 0 Å². The molecule has 5 heteroatoms. The zero-order valence-electron chi connectivity index (χ0n) is 10.3. The van der Waals surface area contributed by atoms with Crippen LogP contribution in [-0.2, 0) is 9.53 Å². The van der Waals surface area contributed by atoms with Gasteiger partial charge in [-0.2, -0.15) is 0 Å². The first-order chi connectivity index (χ1) is 8.66. The standard InChI is InChI=1S/C13H16BrNO3/c1-10(13(16)15-6-8-17-9-7-15)18-12-4-2-11(14)3-5-12/h2-5,10H,6-9H2,1H3/t10-/m0/s1. The number of ether oxygens (including phenoxy) is 2. The van der Waals surface area contributed by atoms with Crippen molar-refractivity contribution >= 4 is 21.8 Å². The number of morpholine rings is 1. The Morgan fingerprint density at radius 2 is 1.94 bits per heavy atom. The summed E-state index contributed by atoms with van der Waals surface area (Å²) >= 11 is 3.36. The third kappa shape index (κ3) is 3.46. The summed E-state index contributed by atoms with van der Waals surface area (Å²) in [4.78, 5) is 13.9. The molecule has 1 heterocycles. The Bertz CT molecular complexity index is 401. The molecule has 98 valence electrons. The average Bonchev–Trinajstić information content (AvgIpc) is 2.41. The van der Waals surface area contributed by atoms with Crippen molar-refractivity contribution < 1.29 is 14.3 Å². The second-order valence-corrected chi connectivity index (χ2v) is 5.07. The van der Waals surface area contributed by atoms with E-state index >= 15 is 0 Å². The number of carbonyl (C=O) groups is 1. The summed E-state index contributed by atoms with van der Waals surface area (Å²) in [5.41, 5.74) is 0. The van der Waals surface area contributed by atoms with Crippen molar-refractivity contribution in [2.45, 2.75) is 13.0 Å². The number of hydrogen-bond donors (Lipinski definition) is 0. The van der Waals surface area contributed by atoms with Gasteiger partial charge in [0.25, 0.3) is 5.91 Å². The lowest BCUT2D eigenvalue weighted by Crippen LogP contribution is -2.46. The molecule has 0 N–H and O–H groups in total. The number of carbonyl (C=O) groups excluding carboxylic acids is 1. The SMILES string of the molecule is C[C@H](Oc1ccc(Br)cc1)C(=O)N1CCOCC1. The largest absolute Gasteiger partial charge is 0.481 e. The number of nitrogens with zero attached hydrogens (tertiary/aromatic N) is 1. The minimum Gasteiger partial charge on any atom is -0.481 e. The molecule has 1 fully saturated rings. The Morgan fingerprint density at radius 3 is 2.56 bits per heavy atom. The topological polar surface area (TPSA) is 38.8 Å². The molecule has 1 amide bonds. The molecule has 1 atom stereocenters. The predicted molar refractivity (Wildman–Crippen MR) is 71.6 cm³/mol. The van der Waals surface area contributed by atoms with Crippen molar-refractivity contribution in [2.75, 3.05) is 26.3 Å². The van der Waals surface area contributed by atoms with E-state index in [9.17, 15) is 4.79 Å². The minimum atomic E-state index is -0.468. The van der Waals surface area contributed by atoms with Gasteiger partial charge < -0.3 is 14.4 Å². The number of halogens is 1. The van der Waals surface area contributed by atoms with Gasteiger partial charge in [0.2, 0.25) is 0 Å². The summed E-state index contributed by atoms with van der Waals surface area (Å²) in [6.07, 6.45) is -0.468. The summed E-state index contributed by atoms with van der Waals surface area (Å²) in [6, 6.07) is 7.46. The molecule has 2 rings (SSSR count). The maximum Gasteiger partial charge on any atom is 0.263 e. The number of hydrogen-bond acceptors (Lipinski definition) is 3. The molecule has 0 aromatic heterocycles. The van der Waals surface area contributed by atoms with Crippen LogP contribution in [0.15, 0.2) is 28.7 Å². The van der Waals surface area contributed by atoms with E-state index in [0.29, 0.717) is 32.1 Å². The molecular weight excluding hydrogens is 298 g/mol. The molecule has 1 aromatic carbocycles. The normalized spacial score (nSPS) is 17.3. The van der Waals surface area contributed by atoms with Crippen molar-refractivity contribution in [1.29, 1.82) is 0 Å². The molecule has 18 heavy (non-hydrogen) atoms. The van der Waals surface area contributed by atoms with Gasteiger partial charge >= 0.3 is 0 Å². The first-order valence-corrected chi connectivity index (χ1v) is 6.75. The smallest absolute Gasteiger partial charge is 0.263 e. The molecule has 1 aliphatic heterocycles. The van der Waals surface area contributed by atoms with Crippen LogP contribution in [-0.4, -0.2) is 43.2 Å². The maximum absolute atomic E-state index is 12.1. The average molecular weight is 314 g/mol. The van der Waals surface area contributed by atoms with Crippen molar-refractivity contribution in [3.05, 3.63) is 28.7 Å². The van der Waals surface area contributed by atoms with Crippen LogP contribution in [0, 0.1) is 0 Å². The van der Waals surface area contributed by atoms with E-state index in [1.807, 2.05) is 24.3 Å². The van der Waals surface area contributed by atoms with E-state index < -0.39 is 6.10 Å². The molecule has 1 saturated heterocycles. The number of amides is 1.